The highest BCUT2D eigenvalue weighted by molar-refractivity contribution is 9.10. The number of oxime groups is 1. The van der Waals surface area contributed by atoms with Crippen molar-refractivity contribution in [2.24, 2.45) is 5.16 Å². The number of rotatable bonds is 3. The van der Waals surface area contributed by atoms with Crippen molar-refractivity contribution in [3.8, 4) is 5.75 Å². The molecular weight excluding hydrogens is 283 g/mol. The maximum absolute atomic E-state index is 13.3. The van der Waals surface area contributed by atoms with Crippen LogP contribution in [0.1, 0.15) is 0 Å². The van der Waals surface area contributed by atoms with E-state index in [2.05, 4.69) is 26.4 Å². The highest BCUT2D eigenvalue weighted by atomic mass is 79.9. The summed E-state index contributed by atoms with van der Waals surface area (Å²) in [5.41, 5.74) is 0.211. The first-order valence-corrected chi connectivity index (χ1v) is 4.89. The Bertz CT molecular complexity index is 437. The lowest BCUT2D eigenvalue weighted by Gasteiger charge is -2.08. The number of carbonyl (C=O) groups is 1. The summed E-state index contributed by atoms with van der Waals surface area (Å²) in [5.74, 6) is -1.23. The van der Waals surface area contributed by atoms with Crippen LogP contribution in [0.3, 0.4) is 0 Å². The van der Waals surface area contributed by atoms with Gasteiger partial charge in [0.05, 0.1) is 12.8 Å². The first kappa shape index (κ1) is 12.4. The quantitative estimate of drug-likeness (QED) is 0.508. The lowest BCUT2D eigenvalue weighted by molar-refractivity contribution is -0.110. The average Bonchev–Trinajstić information content (AvgIpc) is 2.23. The average molecular weight is 291 g/mol. The number of nitrogens with one attached hydrogen (secondary N) is 1. The maximum atomic E-state index is 13.3. The molecule has 0 aliphatic heterocycles. The summed E-state index contributed by atoms with van der Waals surface area (Å²) < 4.78 is 18.5. The van der Waals surface area contributed by atoms with Crippen molar-refractivity contribution in [1.82, 2.24) is 0 Å². The molecular formula is C9H8BrFN2O3. The van der Waals surface area contributed by atoms with E-state index in [1.165, 1.54) is 13.2 Å². The van der Waals surface area contributed by atoms with E-state index < -0.39 is 11.7 Å². The molecule has 0 saturated carbocycles. The molecule has 16 heavy (non-hydrogen) atoms. The predicted octanol–water partition coefficient (Wildman–Crippen LogP) is 2.00. The van der Waals surface area contributed by atoms with E-state index in [0.717, 1.165) is 6.07 Å². The van der Waals surface area contributed by atoms with E-state index in [1.54, 1.807) is 0 Å². The normalized spacial score (nSPS) is 10.4. The highest BCUT2D eigenvalue weighted by Crippen LogP contribution is 2.29. The minimum atomic E-state index is -0.673. The topological polar surface area (TPSA) is 70.9 Å². The van der Waals surface area contributed by atoms with Crippen LogP contribution in [0.4, 0.5) is 10.1 Å². The van der Waals surface area contributed by atoms with Crippen LogP contribution in [-0.4, -0.2) is 24.4 Å². The zero-order chi connectivity index (χ0) is 12.1. The summed E-state index contributed by atoms with van der Waals surface area (Å²) in [6, 6.07) is 2.47. The van der Waals surface area contributed by atoms with Crippen molar-refractivity contribution >= 4 is 33.7 Å². The Morgan fingerprint density at radius 2 is 2.38 bits per heavy atom. The Hall–Kier alpha value is -1.63. The van der Waals surface area contributed by atoms with E-state index in [9.17, 15) is 9.18 Å². The van der Waals surface area contributed by atoms with Crippen molar-refractivity contribution in [3.05, 3.63) is 22.4 Å². The van der Waals surface area contributed by atoms with Gasteiger partial charge in [0.15, 0.2) is 11.6 Å². The summed E-state index contributed by atoms with van der Waals surface area (Å²) in [7, 11) is 1.33. The number of anilines is 1. The predicted molar refractivity (Wildman–Crippen MR) is 59.6 cm³/mol. The third kappa shape index (κ3) is 2.93. The van der Waals surface area contributed by atoms with E-state index in [-0.39, 0.29) is 11.4 Å². The standard InChI is InChI=1S/C9H8BrFN2O3/c1-16-8-2-5(10)7(3-6(8)11)13-9(14)4-12-15/h2-4,15H,1H3,(H,13,14). The van der Waals surface area contributed by atoms with Crippen molar-refractivity contribution < 1.29 is 19.1 Å². The van der Waals surface area contributed by atoms with Gasteiger partial charge in [-0.3, -0.25) is 4.79 Å². The van der Waals surface area contributed by atoms with Crippen LogP contribution >= 0.6 is 15.9 Å². The molecule has 0 unspecified atom stereocenters. The fourth-order valence-corrected chi connectivity index (χ4v) is 1.42. The number of amides is 1. The van der Waals surface area contributed by atoms with Gasteiger partial charge in [0.25, 0.3) is 5.91 Å². The van der Waals surface area contributed by atoms with Gasteiger partial charge in [-0.15, -0.1) is 0 Å². The van der Waals surface area contributed by atoms with Gasteiger partial charge >= 0.3 is 0 Å². The smallest absolute Gasteiger partial charge is 0.270 e. The molecule has 1 aromatic rings. The van der Waals surface area contributed by atoms with E-state index in [0.29, 0.717) is 10.7 Å². The molecule has 0 radical (unpaired) electrons. The Morgan fingerprint density at radius 3 is 2.94 bits per heavy atom. The molecule has 0 bridgehead atoms. The molecule has 5 nitrogen and oxygen atoms in total. The Morgan fingerprint density at radius 1 is 1.69 bits per heavy atom. The molecule has 0 aromatic heterocycles. The zero-order valence-corrected chi connectivity index (χ0v) is 9.78. The molecule has 0 atom stereocenters. The highest BCUT2D eigenvalue weighted by Gasteiger charge is 2.10. The van der Waals surface area contributed by atoms with Crippen LogP contribution in [0.25, 0.3) is 0 Å². The molecule has 0 saturated heterocycles. The van der Waals surface area contributed by atoms with Gasteiger partial charge in [-0.1, -0.05) is 5.16 Å². The first-order valence-electron chi connectivity index (χ1n) is 4.10. The molecule has 1 aromatic carbocycles. The molecule has 0 spiro atoms. The van der Waals surface area contributed by atoms with Crippen molar-refractivity contribution in [2.45, 2.75) is 0 Å². The molecule has 1 rings (SSSR count). The minimum Gasteiger partial charge on any atom is -0.494 e. The Balaban J connectivity index is 2.98. The molecule has 7 heteroatoms. The van der Waals surface area contributed by atoms with E-state index in [1.807, 2.05) is 0 Å². The van der Waals surface area contributed by atoms with Gasteiger partial charge in [-0.05, 0) is 22.0 Å². The third-order valence-electron chi connectivity index (χ3n) is 1.67. The third-order valence-corrected chi connectivity index (χ3v) is 2.33. The van der Waals surface area contributed by atoms with E-state index >= 15 is 0 Å². The van der Waals surface area contributed by atoms with Crippen molar-refractivity contribution in [3.63, 3.8) is 0 Å². The molecule has 1 amide bonds. The molecule has 0 heterocycles. The number of methoxy groups -OCH3 is 1. The SMILES string of the molecule is COc1cc(Br)c(NC(=O)C=NO)cc1F. The summed E-state index contributed by atoms with van der Waals surface area (Å²) in [5, 5.41) is 13.0. The number of nitrogens with zero attached hydrogens (tertiary/aromatic N) is 1. The number of ether oxygens (including phenoxy) is 1. The second kappa shape index (κ2) is 5.45. The molecule has 86 valence electrons. The van der Waals surface area contributed by atoms with E-state index in [4.69, 9.17) is 9.94 Å². The first-order chi connectivity index (χ1) is 7.58. The minimum absolute atomic E-state index is 0.0562. The fraction of sp³-hybridized carbons (Fsp3) is 0.111. The van der Waals surface area contributed by atoms with Crippen LogP contribution in [0.2, 0.25) is 0 Å². The second-order valence-corrected chi connectivity index (χ2v) is 3.55. The number of hydrogen-bond acceptors (Lipinski definition) is 4. The molecule has 0 aliphatic carbocycles. The van der Waals surface area contributed by atoms with Crippen molar-refractivity contribution in [2.75, 3.05) is 12.4 Å². The fourth-order valence-electron chi connectivity index (χ4n) is 0.998. The van der Waals surface area contributed by atoms with Gasteiger partial charge in [0.1, 0.15) is 6.21 Å². The van der Waals surface area contributed by atoms with Crippen LogP contribution in [-0.2, 0) is 4.79 Å². The largest absolute Gasteiger partial charge is 0.494 e. The summed E-state index contributed by atoms with van der Waals surface area (Å²) in [6.07, 6.45) is 0.661. The van der Waals surface area contributed by atoms with Gasteiger partial charge in [-0.2, -0.15) is 0 Å². The lowest BCUT2D eigenvalue weighted by atomic mass is 10.3. The summed E-state index contributed by atoms with van der Waals surface area (Å²) in [6.45, 7) is 0. The van der Waals surface area contributed by atoms with Gasteiger partial charge < -0.3 is 15.3 Å². The molecule has 2 N–H and O–H groups in total. The van der Waals surface area contributed by atoms with Gasteiger partial charge in [0.2, 0.25) is 0 Å². The monoisotopic (exact) mass is 290 g/mol. The number of hydrogen-bond donors (Lipinski definition) is 2. The van der Waals surface area contributed by atoms with Crippen molar-refractivity contribution in [1.29, 1.82) is 0 Å². The maximum Gasteiger partial charge on any atom is 0.270 e. The van der Waals surface area contributed by atoms with Crippen LogP contribution in [0.15, 0.2) is 21.8 Å². The number of benzene rings is 1. The van der Waals surface area contributed by atoms with Crippen LogP contribution < -0.4 is 10.1 Å². The van der Waals surface area contributed by atoms with Crippen LogP contribution in [0.5, 0.6) is 5.75 Å². The zero-order valence-electron chi connectivity index (χ0n) is 8.20. The van der Waals surface area contributed by atoms with Crippen LogP contribution in [0, 0.1) is 5.82 Å². The summed E-state index contributed by atoms with van der Waals surface area (Å²) in [4.78, 5) is 11.0. The summed E-state index contributed by atoms with van der Waals surface area (Å²) >= 11 is 3.13. The lowest BCUT2D eigenvalue weighted by Crippen LogP contribution is -2.13. The number of carbonyl (C=O) groups excluding carboxylic acids is 1. The van der Waals surface area contributed by atoms with Gasteiger partial charge in [-0.25, -0.2) is 4.39 Å². The molecule has 0 fully saturated rings. The second-order valence-electron chi connectivity index (χ2n) is 2.70. The number of halogens is 2. The Labute approximate surface area is 99.0 Å². The molecule has 0 aliphatic rings. The van der Waals surface area contributed by atoms with Gasteiger partial charge in [0, 0.05) is 10.5 Å². The Kier molecular flexibility index (Phi) is 4.24.